The van der Waals surface area contributed by atoms with Crippen LogP contribution in [0.25, 0.3) is 11.1 Å². The maximum absolute atomic E-state index is 14.0. The van der Waals surface area contributed by atoms with Crippen molar-refractivity contribution in [3.63, 3.8) is 0 Å². The van der Waals surface area contributed by atoms with Crippen LogP contribution in [0.15, 0.2) is 36.4 Å². The molecule has 2 nitrogen and oxygen atoms in total. The van der Waals surface area contributed by atoms with Crippen LogP contribution in [0.5, 0.6) is 0 Å². The number of benzene rings is 2. The summed E-state index contributed by atoms with van der Waals surface area (Å²) in [5.41, 5.74) is 0.102. The van der Waals surface area contributed by atoms with Gasteiger partial charge in [0.2, 0.25) is 0 Å². The van der Waals surface area contributed by atoms with Crippen LogP contribution in [0.4, 0.5) is 17.6 Å². The topological polar surface area (TPSA) is 26.3 Å². The lowest BCUT2D eigenvalue weighted by molar-refractivity contribution is -0.137. The smallest absolute Gasteiger partial charge is 0.416 e. The van der Waals surface area contributed by atoms with Gasteiger partial charge < -0.3 is 4.74 Å². The van der Waals surface area contributed by atoms with E-state index in [9.17, 15) is 22.4 Å². The predicted molar refractivity (Wildman–Crippen MR) is 77.5 cm³/mol. The van der Waals surface area contributed by atoms with Crippen molar-refractivity contribution in [1.82, 2.24) is 0 Å². The molecule has 0 saturated heterocycles. The molecule has 0 N–H and O–H groups in total. The van der Waals surface area contributed by atoms with Crippen LogP contribution in [0, 0.1) is 12.7 Å². The zero-order valence-corrected chi connectivity index (χ0v) is 12.5. The van der Waals surface area contributed by atoms with E-state index in [-0.39, 0.29) is 17.7 Å². The highest BCUT2D eigenvalue weighted by Gasteiger charge is 2.30. The van der Waals surface area contributed by atoms with Gasteiger partial charge >= 0.3 is 12.1 Å². The standard InChI is InChI=1S/C17H14F4O2/c1-3-23-16(22)14-9-12(8-10(2)15(14)18)11-4-6-13(7-5-11)17(19,20)21/h4-9H,3H2,1-2H3. The van der Waals surface area contributed by atoms with Crippen molar-refractivity contribution in [3.8, 4) is 11.1 Å². The first-order valence-electron chi connectivity index (χ1n) is 6.89. The summed E-state index contributed by atoms with van der Waals surface area (Å²) in [5.74, 6) is -1.50. The van der Waals surface area contributed by atoms with Crippen LogP contribution in [0.3, 0.4) is 0 Å². The number of aryl methyl sites for hydroxylation is 1. The van der Waals surface area contributed by atoms with Crippen LogP contribution in [-0.2, 0) is 10.9 Å². The highest BCUT2D eigenvalue weighted by molar-refractivity contribution is 5.91. The van der Waals surface area contributed by atoms with E-state index in [0.29, 0.717) is 11.1 Å². The second-order valence-electron chi connectivity index (χ2n) is 4.95. The van der Waals surface area contributed by atoms with Gasteiger partial charge in [-0.3, -0.25) is 0 Å². The lowest BCUT2D eigenvalue weighted by Crippen LogP contribution is -2.08. The molecule has 2 aromatic carbocycles. The first-order valence-corrected chi connectivity index (χ1v) is 6.89. The third kappa shape index (κ3) is 3.70. The Bertz CT molecular complexity index is 719. The summed E-state index contributed by atoms with van der Waals surface area (Å²) in [7, 11) is 0. The molecule has 0 aliphatic carbocycles. The maximum Gasteiger partial charge on any atom is 0.416 e. The number of halogens is 4. The van der Waals surface area contributed by atoms with Crippen molar-refractivity contribution >= 4 is 5.97 Å². The Hall–Kier alpha value is -2.37. The van der Waals surface area contributed by atoms with Gasteiger partial charge in [0.1, 0.15) is 5.82 Å². The zero-order chi connectivity index (χ0) is 17.2. The van der Waals surface area contributed by atoms with Gasteiger partial charge in [0, 0.05) is 0 Å². The summed E-state index contributed by atoms with van der Waals surface area (Å²) in [4.78, 5) is 11.8. The Labute approximate surface area is 130 Å². The Balaban J connectivity index is 2.46. The van der Waals surface area contributed by atoms with Crippen LogP contribution >= 0.6 is 0 Å². The second-order valence-corrected chi connectivity index (χ2v) is 4.95. The molecule has 0 aromatic heterocycles. The molecule has 0 bridgehead atoms. The summed E-state index contributed by atoms with van der Waals surface area (Å²) in [6, 6.07) is 7.20. The Morgan fingerprint density at radius 1 is 1.09 bits per heavy atom. The number of alkyl halides is 3. The molecular weight excluding hydrogens is 312 g/mol. The summed E-state index contributed by atoms with van der Waals surface area (Å²) in [6.07, 6.45) is -4.42. The van der Waals surface area contributed by atoms with Crippen LogP contribution in [0.2, 0.25) is 0 Å². The minimum absolute atomic E-state index is 0.0990. The first kappa shape index (κ1) is 17.0. The monoisotopic (exact) mass is 326 g/mol. The number of hydrogen-bond acceptors (Lipinski definition) is 2. The largest absolute Gasteiger partial charge is 0.462 e. The maximum atomic E-state index is 14.0. The summed E-state index contributed by atoms with van der Waals surface area (Å²) in [5, 5.41) is 0. The highest BCUT2D eigenvalue weighted by atomic mass is 19.4. The fraction of sp³-hybridized carbons (Fsp3) is 0.235. The van der Waals surface area contributed by atoms with Crippen molar-refractivity contribution in [2.75, 3.05) is 6.61 Å². The van der Waals surface area contributed by atoms with E-state index in [1.54, 1.807) is 6.92 Å². The molecule has 0 atom stereocenters. The van der Waals surface area contributed by atoms with Gasteiger partial charge in [0.15, 0.2) is 0 Å². The van der Waals surface area contributed by atoms with Crippen LogP contribution in [-0.4, -0.2) is 12.6 Å². The Morgan fingerprint density at radius 3 is 2.22 bits per heavy atom. The SMILES string of the molecule is CCOC(=O)c1cc(-c2ccc(C(F)(F)F)cc2)cc(C)c1F. The number of rotatable bonds is 3. The molecule has 0 spiro atoms. The number of ether oxygens (including phenoxy) is 1. The van der Waals surface area contributed by atoms with Gasteiger partial charge in [-0.05, 0) is 54.8 Å². The fourth-order valence-corrected chi connectivity index (χ4v) is 2.15. The van der Waals surface area contributed by atoms with E-state index in [1.807, 2.05) is 0 Å². The molecule has 0 amide bonds. The number of esters is 1. The molecule has 0 aliphatic heterocycles. The quantitative estimate of drug-likeness (QED) is 0.586. The van der Waals surface area contributed by atoms with Gasteiger partial charge in [0.25, 0.3) is 0 Å². The molecule has 0 aliphatic rings. The molecular formula is C17H14F4O2. The first-order chi connectivity index (χ1) is 10.7. The minimum atomic E-state index is -4.42. The second kappa shape index (κ2) is 6.40. The van der Waals surface area contributed by atoms with Crippen molar-refractivity contribution in [1.29, 1.82) is 0 Å². The van der Waals surface area contributed by atoms with E-state index in [0.717, 1.165) is 12.1 Å². The summed E-state index contributed by atoms with van der Waals surface area (Å²) >= 11 is 0. The van der Waals surface area contributed by atoms with E-state index < -0.39 is 23.5 Å². The average molecular weight is 326 g/mol. The molecule has 0 radical (unpaired) electrons. The lowest BCUT2D eigenvalue weighted by atomic mass is 9.98. The third-order valence-corrected chi connectivity index (χ3v) is 3.30. The summed E-state index contributed by atoms with van der Waals surface area (Å²) < 4.78 is 56.6. The van der Waals surface area contributed by atoms with Gasteiger partial charge in [-0.15, -0.1) is 0 Å². The molecule has 2 aromatic rings. The van der Waals surface area contributed by atoms with E-state index in [1.165, 1.54) is 31.2 Å². The number of carbonyl (C=O) groups is 1. The third-order valence-electron chi connectivity index (χ3n) is 3.30. The predicted octanol–water partition coefficient (Wildman–Crippen LogP) is 5.00. The Kier molecular flexibility index (Phi) is 4.73. The van der Waals surface area contributed by atoms with Gasteiger partial charge in [0.05, 0.1) is 17.7 Å². The van der Waals surface area contributed by atoms with Crippen molar-refractivity contribution in [3.05, 3.63) is 58.9 Å². The lowest BCUT2D eigenvalue weighted by Gasteiger charge is -2.11. The summed E-state index contributed by atoms with van der Waals surface area (Å²) in [6.45, 7) is 3.18. The van der Waals surface area contributed by atoms with Crippen molar-refractivity contribution in [2.45, 2.75) is 20.0 Å². The van der Waals surface area contributed by atoms with E-state index in [2.05, 4.69) is 0 Å². The zero-order valence-electron chi connectivity index (χ0n) is 12.5. The molecule has 23 heavy (non-hydrogen) atoms. The highest BCUT2D eigenvalue weighted by Crippen LogP contribution is 2.32. The molecule has 0 saturated carbocycles. The van der Waals surface area contributed by atoms with Gasteiger partial charge in [-0.25, -0.2) is 9.18 Å². The van der Waals surface area contributed by atoms with E-state index >= 15 is 0 Å². The fourth-order valence-electron chi connectivity index (χ4n) is 2.15. The van der Waals surface area contributed by atoms with Crippen LogP contribution < -0.4 is 0 Å². The van der Waals surface area contributed by atoms with Gasteiger partial charge in [-0.2, -0.15) is 13.2 Å². The van der Waals surface area contributed by atoms with Crippen molar-refractivity contribution < 1.29 is 27.1 Å². The number of carbonyl (C=O) groups excluding carboxylic acids is 1. The van der Waals surface area contributed by atoms with Crippen LogP contribution in [0.1, 0.15) is 28.4 Å². The van der Waals surface area contributed by atoms with Crippen molar-refractivity contribution in [2.24, 2.45) is 0 Å². The minimum Gasteiger partial charge on any atom is -0.462 e. The average Bonchev–Trinajstić information content (AvgIpc) is 2.49. The molecule has 0 unspecified atom stereocenters. The normalized spacial score (nSPS) is 11.4. The molecule has 0 fully saturated rings. The van der Waals surface area contributed by atoms with E-state index in [4.69, 9.17) is 4.74 Å². The Morgan fingerprint density at radius 2 is 1.70 bits per heavy atom. The molecule has 0 heterocycles. The molecule has 122 valence electrons. The van der Waals surface area contributed by atoms with Gasteiger partial charge in [-0.1, -0.05) is 12.1 Å². The number of hydrogen-bond donors (Lipinski definition) is 0. The molecule has 2 rings (SSSR count). The molecule has 6 heteroatoms.